The Hall–Kier alpha value is -1.12. The number of thiophene rings is 1. The Kier molecular flexibility index (Phi) is 3.15. The monoisotopic (exact) mass is 343 g/mol. The van der Waals surface area contributed by atoms with Gasteiger partial charge in [-0.2, -0.15) is 0 Å². The van der Waals surface area contributed by atoms with E-state index >= 15 is 0 Å². The van der Waals surface area contributed by atoms with Crippen LogP contribution < -0.4 is 0 Å². The van der Waals surface area contributed by atoms with Gasteiger partial charge in [0.25, 0.3) is 0 Å². The minimum Gasteiger partial charge on any atom is -0.243 e. The van der Waals surface area contributed by atoms with E-state index in [-0.39, 0.29) is 10.8 Å². The van der Waals surface area contributed by atoms with E-state index in [0.29, 0.717) is 5.15 Å². The Morgan fingerprint density at radius 1 is 1.09 bits per heavy atom. The molecule has 0 atom stereocenters. The summed E-state index contributed by atoms with van der Waals surface area (Å²) in [7, 11) is 0. The Bertz CT molecular complexity index is 949. The number of fused-ring (bicyclic) bond motifs is 5. The van der Waals surface area contributed by atoms with Gasteiger partial charge in [0, 0.05) is 21.7 Å². The maximum absolute atomic E-state index is 6.39. The summed E-state index contributed by atoms with van der Waals surface area (Å²) in [6.45, 7) is 11.8. The SMILES string of the molecule is Cc1cc2c(c3sc4c(Cl)nccc4c13)C(C)(C)CCC2(C)C. The summed E-state index contributed by atoms with van der Waals surface area (Å²) in [5.41, 5.74) is 4.86. The fraction of sp³-hybridized carbons (Fsp3) is 0.450. The van der Waals surface area contributed by atoms with Crippen molar-refractivity contribution in [3.8, 4) is 0 Å². The highest BCUT2D eigenvalue weighted by atomic mass is 35.5. The molecule has 3 aromatic rings. The van der Waals surface area contributed by atoms with Crippen LogP contribution in [0.3, 0.4) is 0 Å². The average Bonchev–Trinajstić information content (AvgIpc) is 2.85. The average molecular weight is 344 g/mol. The summed E-state index contributed by atoms with van der Waals surface area (Å²) in [6, 6.07) is 4.54. The number of rotatable bonds is 0. The largest absolute Gasteiger partial charge is 0.243 e. The van der Waals surface area contributed by atoms with Crippen LogP contribution in [-0.2, 0) is 10.8 Å². The van der Waals surface area contributed by atoms with E-state index in [1.54, 1.807) is 0 Å². The van der Waals surface area contributed by atoms with Gasteiger partial charge in [0.2, 0.25) is 0 Å². The Labute approximate surface area is 146 Å². The van der Waals surface area contributed by atoms with Crippen LogP contribution in [0, 0.1) is 6.92 Å². The molecule has 1 nitrogen and oxygen atoms in total. The highest BCUT2D eigenvalue weighted by Gasteiger charge is 2.39. The molecule has 2 heterocycles. The van der Waals surface area contributed by atoms with E-state index in [1.165, 1.54) is 45.0 Å². The minimum absolute atomic E-state index is 0.206. The highest BCUT2D eigenvalue weighted by molar-refractivity contribution is 7.26. The maximum Gasteiger partial charge on any atom is 0.146 e. The second kappa shape index (κ2) is 4.70. The molecular weight excluding hydrogens is 322 g/mol. The molecule has 0 N–H and O–H groups in total. The highest BCUT2D eigenvalue weighted by Crippen LogP contribution is 2.52. The van der Waals surface area contributed by atoms with E-state index in [4.69, 9.17) is 11.6 Å². The van der Waals surface area contributed by atoms with Crippen LogP contribution >= 0.6 is 22.9 Å². The van der Waals surface area contributed by atoms with Crippen molar-refractivity contribution in [2.75, 3.05) is 0 Å². The first kappa shape index (κ1) is 15.4. The number of benzene rings is 1. The predicted molar refractivity (Wildman–Crippen MR) is 102 cm³/mol. The maximum atomic E-state index is 6.39. The van der Waals surface area contributed by atoms with Gasteiger partial charge < -0.3 is 0 Å². The summed E-state index contributed by atoms with van der Waals surface area (Å²) in [6.07, 6.45) is 4.29. The molecule has 0 bridgehead atoms. The Morgan fingerprint density at radius 3 is 2.52 bits per heavy atom. The van der Waals surface area contributed by atoms with E-state index in [1.807, 2.05) is 17.5 Å². The Morgan fingerprint density at radius 2 is 1.78 bits per heavy atom. The molecule has 1 aliphatic carbocycles. The van der Waals surface area contributed by atoms with Crippen LogP contribution in [0.1, 0.15) is 57.2 Å². The van der Waals surface area contributed by atoms with Crippen LogP contribution in [0.25, 0.3) is 20.2 Å². The van der Waals surface area contributed by atoms with Crippen molar-refractivity contribution in [1.82, 2.24) is 4.98 Å². The van der Waals surface area contributed by atoms with Gasteiger partial charge in [-0.1, -0.05) is 45.4 Å². The minimum atomic E-state index is 0.206. The van der Waals surface area contributed by atoms with E-state index in [2.05, 4.69) is 51.7 Å². The number of aryl methyl sites for hydroxylation is 1. The predicted octanol–water partition coefficient (Wildman–Crippen LogP) is 6.76. The van der Waals surface area contributed by atoms with E-state index in [0.717, 1.165) is 4.70 Å². The first-order valence-corrected chi connectivity index (χ1v) is 9.43. The number of halogens is 1. The third kappa shape index (κ3) is 2.08. The molecular formula is C20H22ClNS. The van der Waals surface area contributed by atoms with Gasteiger partial charge in [-0.25, -0.2) is 4.98 Å². The molecule has 0 radical (unpaired) electrons. The molecule has 0 saturated heterocycles. The summed E-state index contributed by atoms with van der Waals surface area (Å²) >= 11 is 8.22. The standard InChI is InChI=1S/C20H22ClNS/c1-11-10-13-15(20(4,5)8-7-19(13,2)3)17-14(11)12-6-9-22-18(21)16(12)23-17/h6,9-10H,7-8H2,1-5H3. The van der Waals surface area contributed by atoms with E-state index in [9.17, 15) is 0 Å². The van der Waals surface area contributed by atoms with Crippen molar-refractivity contribution in [2.45, 2.75) is 58.3 Å². The zero-order chi connectivity index (χ0) is 16.6. The lowest BCUT2D eigenvalue weighted by atomic mass is 9.62. The molecule has 0 fully saturated rings. The molecule has 0 aliphatic heterocycles. The fourth-order valence-corrected chi connectivity index (χ4v) is 5.89. The molecule has 0 saturated carbocycles. The van der Waals surface area contributed by atoms with Crippen molar-refractivity contribution in [3.63, 3.8) is 0 Å². The molecule has 1 aromatic carbocycles. The fourth-order valence-electron chi connectivity index (χ4n) is 4.13. The molecule has 0 amide bonds. The first-order valence-electron chi connectivity index (χ1n) is 8.24. The van der Waals surface area contributed by atoms with Crippen molar-refractivity contribution in [1.29, 1.82) is 0 Å². The zero-order valence-corrected chi connectivity index (χ0v) is 16.0. The van der Waals surface area contributed by atoms with E-state index < -0.39 is 0 Å². The van der Waals surface area contributed by atoms with Crippen molar-refractivity contribution in [3.05, 3.63) is 40.2 Å². The summed E-state index contributed by atoms with van der Waals surface area (Å²) in [4.78, 5) is 4.29. The van der Waals surface area contributed by atoms with Gasteiger partial charge in [-0.15, -0.1) is 11.3 Å². The quantitative estimate of drug-likeness (QED) is 0.411. The van der Waals surface area contributed by atoms with Crippen LogP contribution in [0.4, 0.5) is 0 Å². The number of hydrogen-bond donors (Lipinski definition) is 0. The van der Waals surface area contributed by atoms with Crippen molar-refractivity contribution in [2.24, 2.45) is 0 Å². The topological polar surface area (TPSA) is 12.9 Å². The number of hydrogen-bond acceptors (Lipinski definition) is 2. The van der Waals surface area contributed by atoms with Gasteiger partial charge in [0.15, 0.2) is 0 Å². The number of aromatic nitrogens is 1. The molecule has 4 rings (SSSR count). The number of nitrogens with zero attached hydrogens (tertiary/aromatic N) is 1. The third-order valence-corrected chi connectivity index (χ3v) is 7.22. The molecule has 0 spiro atoms. The third-order valence-electron chi connectivity index (χ3n) is 5.59. The van der Waals surface area contributed by atoms with Gasteiger partial charge >= 0.3 is 0 Å². The van der Waals surface area contributed by atoms with Gasteiger partial charge in [-0.05, 0) is 53.4 Å². The molecule has 0 unspecified atom stereocenters. The van der Waals surface area contributed by atoms with Crippen LogP contribution in [-0.4, -0.2) is 4.98 Å². The Balaban J connectivity index is 2.25. The lowest BCUT2D eigenvalue weighted by Crippen LogP contribution is -2.34. The van der Waals surface area contributed by atoms with Gasteiger partial charge in [0.05, 0.1) is 4.70 Å². The van der Waals surface area contributed by atoms with Crippen molar-refractivity contribution < 1.29 is 0 Å². The summed E-state index contributed by atoms with van der Waals surface area (Å²) in [5.74, 6) is 0. The molecule has 2 aromatic heterocycles. The summed E-state index contributed by atoms with van der Waals surface area (Å²) < 4.78 is 2.54. The van der Waals surface area contributed by atoms with Gasteiger partial charge in [-0.3, -0.25) is 0 Å². The number of pyridine rings is 1. The molecule has 1 aliphatic rings. The van der Waals surface area contributed by atoms with Crippen LogP contribution in [0.15, 0.2) is 18.3 Å². The van der Waals surface area contributed by atoms with Gasteiger partial charge in [0.1, 0.15) is 5.15 Å². The summed E-state index contributed by atoms with van der Waals surface area (Å²) in [5, 5.41) is 3.26. The van der Waals surface area contributed by atoms with Crippen LogP contribution in [0.5, 0.6) is 0 Å². The van der Waals surface area contributed by atoms with Crippen LogP contribution in [0.2, 0.25) is 5.15 Å². The normalized spacial score (nSPS) is 19.2. The zero-order valence-electron chi connectivity index (χ0n) is 14.4. The second-order valence-corrected chi connectivity index (χ2v) is 9.55. The molecule has 120 valence electrons. The first-order chi connectivity index (χ1) is 10.7. The second-order valence-electron chi connectivity index (χ2n) is 8.17. The molecule has 23 heavy (non-hydrogen) atoms. The van der Waals surface area contributed by atoms with Crippen molar-refractivity contribution >= 4 is 43.1 Å². The smallest absolute Gasteiger partial charge is 0.146 e. The lowest BCUT2D eigenvalue weighted by molar-refractivity contribution is 0.334. The lowest BCUT2D eigenvalue weighted by Gasteiger charge is -2.42. The molecule has 3 heteroatoms.